The van der Waals surface area contributed by atoms with E-state index >= 15 is 0 Å². The number of halogens is 3. The molecular weight excluding hydrogens is 214 g/mol. The second-order valence-corrected chi connectivity index (χ2v) is 2.93. The van der Waals surface area contributed by atoms with E-state index < -0.39 is 12.7 Å². The Bertz CT molecular complexity index is 277. The van der Waals surface area contributed by atoms with Crippen molar-refractivity contribution in [1.82, 2.24) is 0 Å². The Labute approximate surface area is 85.1 Å². The van der Waals surface area contributed by atoms with Crippen molar-refractivity contribution in [2.24, 2.45) is 0 Å². The Morgan fingerprint density at radius 2 is 1.86 bits per heavy atom. The summed E-state index contributed by atoms with van der Waals surface area (Å²) >= 11 is 5.41. The van der Waals surface area contributed by atoms with Crippen LogP contribution in [0.3, 0.4) is 0 Å². The van der Waals surface area contributed by atoms with Crippen molar-refractivity contribution in [3.63, 3.8) is 0 Å². The highest BCUT2D eigenvalue weighted by molar-refractivity contribution is 6.18. The largest absolute Gasteiger partial charge is 0.435 e. The molecule has 0 bridgehead atoms. The third kappa shape index (κ3) is 3.12. The van der Waals surface area contributed by atoms with Crippen molar-refractivity contribution in [2.75, 3.05) is 5.88 Å². The Balaban J connectivity index is 2.68. The monoisotopic (exact) mass is 222 g/mol. The van der Waals surface area contributed by atoms with Gasteiger partial charge in [-0.05, 0) is 17.7 Å². The van der Waals surface area contributed by atoms with E-state index in [1.54, 1.807) is 0 Å². The number of hydrogen-bond donors (Lipinski definition) is 1. The molecule has 0 aliphatic rings. The Morgan fingerprint density at radius 1 is 1.29 bits per heavy atom. The van der Waals surface area contributed by atoms with Gasteiger partial charge in [-0.3, -0.25) is 0 Å². The summed E-state index contributed by atoms with van der Waals surface area (Å²) in [5.74, 6) is 0.125. The lowest BCUT2D eigenvalue weighted by Crippen LogP contribution is -2.02. The van der Waals surface area contributed by atoms with Crippen LogP contribution < -0.4 is 4.74 Å². The zero-order chi connectivity index (χ0) is 10.6. The van der Waals surface area contributed by atoms with Crippen LogP contribution in [0.25, 0.3) is 0 Å². The zero-order valence-electron chi connectivity index (χ0n) is 7.16. The first-order valence-corrected chi connectivity index (χ1v) is 4.45. The van der Waals surface area contributed by atoms with Gasteiger partial charge in [-0.25, -0.2) is 0 Å². The molecule has 0 aliphatic heterocycles. The highest BCUT2D eigenvalue weighted by Crippen LogP contribution is 2.19. The quantitative estimate of drug-likeness (QED) is 0.794. The van der Waals surface area contributed by atoms with Crippen molar-refractivity contribution in [2.45, 2.75) is 12.7 Å². The number of alkyl halides is 3. The van der Waals surface area contributed by atoms with E-state index in [2.05, 4.69) is 4.74 Å². The fourth-order valence-electron chi connectivity index (χ4n) is 0.961. The van der Waals surface area contributed by atoms with Crippen molar-refractivity contribution in [3.05, 3.63) is 29.8 Å². The van der Waals surface area contributed by atoms with Gasteiger partial charge in [-0.15, -0.1) is 11.6 Å². The second kappa shape index (κ2) is 5.12. The molecule has 0 fully saturated rings. The van der Waals surface area contributed by atoms with Crippen LogP contribution in [-0.2, 0) is 0 Å². The molecule has 0 saturated heterocycles. The molecule has 1 atom stereocenters. The molecule has 0 heterocycles. The maximum atomic E-state index is 11.8. The lowest BCUT2D eigenvalue weighted by atomic mass is 10.1. The van der Waals surface area contributed by atoms with Gasteiger partial charge in [-0.1, -0.05) is 12.1 Å². The molecule has 1 N–H and O–H groups in total. The van der Waals surface area contributed by atoms with Gasteiger partial charge >= 0.3 is 6.61 Å². The summed E-state index contributed by atoms with van der Waals surface area (Å²) in [6.07, 6.45) is -0.780. The number of aliphatic hydroxyl groups is 1. The molecule has 0 aromatic heterocycles. The fraction of sp³-hybridized carbons (Fsp3) is 0.333. The lowest BCUT2D eigenvalue weighted by molar-refractivity contribution is -0.0498. The molecule has 1 aromatic carbocycles. The third-order valence-corrected chi connectivity index (χ3v) is 1.93. The van der Waals surface area contributed by atoms with Gasteiger partial charge in [0, 0.05) is 0 Å². The second-order valence-electron chi connectivity index (χ2n) is 2.62. The predicted molar refractivity (Wildman–Crippen MR) is 48.8 cm³/mol. The molecule has 0 unspecified atom stereocenters. The summed E-state index contributed by atoms with van der Waals surface area (Å²) in [5, 5.41) is 9.28. The number of ether oxygens (including phenoxy) is 1. The molecule has 0 amide bonds. The molecule has 1 aromatic rings. The van der Waals surface area contributed by atoms with Crippen molar-refractivity contribution in [1.29, 1.82) is 0 Å². The zero-order valence-corrected chi connectivity index (χ0v) is 7.92. The van der Waals surface area contributed by atoms with Crippen molar-refractivity contribution in [3.8, 4) is 5.75 Å². The minimum absolute atomic E-state index is 0.0607. The van der Waals surface area contributed by atoms with E-state index in [1.165, 1.54) is 24.3 Å². The molecule has 0 radical (unpaired) electrons. The first kappa shape index (κ1) is 11.2. The molecule has 1 rings (SSSR count). The highest BCUT2D eigenvalue weighted by Gasteiger charge is 2.07. The van der Waals surface area contributed by atoms with E-state index in [1.807, 2.05) is 0 Å². The standard InChI is InChI=1S/C9H9ClF2O2/c10-5-8(13)6-1-3-7(4-2-6)14-9(11)12/h1-4,8-9,13H,5H2/t8-/m1/s1. The lowest BCUT2D eigenvalue weighted by Gasteiger charge is -2.08. The minimum atomic E-state index is -2.83. The summed E-state index contributed by atoms with van der Waals surface area (Å²) in [6.45, 7) is -2.83. The summed E-state index contributed by atoms with van der Waals surface area (Å²) in [7, 11) is 0. The smallest absolute Gasteiger partial charge is 0.387 e. The van der Waals surface area contributed by atoms with Gasteiger partial charge in [0.05, 0.1) is 12.0 Å². The van der Waals surface area contributed by atoms with Gasteiger partial charge in [0.25, 0.3) is 0 Å². The SMILES string of the molecule is O[C@H](CCl)c1ccc(OC(F)F)cc1. The van der Waals surface area contributed by atoms with Crippen LogP contribution in [0.2, 0.25) is 0 Å². The topological polar surface area (TPSA) is 29.5 Å². The maximum absolute atomic E-state index is 11.8. The van der Waals surface area contributed by atoms with Gasteiger partial charge in [-0.2, -0.15) is 8.78 Å². The molecule has 5 heteroatoms. The first-order valence-electron chi connectivity index (χ1n) is 3.92. The maximum Gasteiger partial charge on any atom is 0.387 e. The molecule has 0 aliphatic carbocycles. The number of hydrogen-bond acceptors (Lipinski definition) is 2. The molecule has 2 nitrogen and oxygen atoms in total. The Morgan fingerprint density at radius 3 is 2.29 bits per heavy atom. The summed E-state index contributed by atoms with van der Waals surface area (Å²) in [4.78, 5) is 0. The van der Waals surface area contributed by atoms with E-state index in [0.29, 0.717) is 5.56 Å². The summed E-state index contributed by atoms with van der Waals surface area (Å²) in [6, 6.07) is 5.70. The van der Waals surface area contributed by atoms with Gasteiger partial charge in [0.15, 0.2) is 0 Å². The summed E-state index contributed by atoms with van der Waals surface area (Å²) in [5.41, 5.74) is 0.571. The molecule has 0 saturated carbocycles. The molecular formula is C9H9ClF2O2. The summed E-state index contributed by atoms with van der Waals surface area (Å²) < 4.78 is 27.6. The average molecular weight is 223 g/mol. The van der Waals surface area contributed by atoms with Crippen LogP contribution in [0.5, 0.6) is 5.75 Å². The van der Waals surface area contributed by atoms with Crippen LogP contribution in [-0.4, -0.2) is 17.6 Å². The average Bonchev–Trinajstić information content (AvgIpc) is 2.17. The van der Waals surface area contributed by atoms with Gasteiger partial charge < -0.3 is 9.84 Å². The van der Waals surface area contributed by atoms with Crippen LogP contribution in [0.4, 0.5) is 8.78 Å². The molecule has 78 valence electrons. The Kier molecular flexibility index (Phi) is 4.10. The van der Waals surface area contributed by atoms with Crippen molar-refractivity contribution >= 4 is 11.6 Å². The van der Waals surface area contributed by atoms with Gasteiger partial charge in [0.1, 0.15) is 5.75 Å². The van der Waals surface area contributed by atoms with Crippen LogP contribution in [0.15, 0.2) is 24.3 Å². The highest BCUT2D eigenvalue weighted by atomic mass is 35.5. The van der Waals surface area contributed by atoms with E-state index in [0.717, 1.165) is 0 Å². The molecule has 0 spiro atoms. The van der Waals surface area contributed by atoms with Crippen LogP contribution >= 0.6 is 11.6 Å². The van der Waals surface area contributed by atoms with E-state index in [9.17, 15) is 13.9 Å². The van der Waals surface area contributed by atoms with Gasteiger partial charge in [0.2, 0.25) is 0 Å². The third-order valence-electron chi connectivity index (χ3n) is 1.64. The minimum Gasteiger partial charge on any atom is -0.435 e. The van der Waals surface area contributed by atoms with Crippen LogP contribution in [0.1, 0.15) is 11.7 Å². The van der Waals surface area contributed by atoms with Crippen molar-refractivity contribution < 1.29 is 18.6 Å². The number of aliphatic hydroxyl groups excluding tert-OH is 1. The number of rotatable bonds is 4. The first-order chi connectivity index (χ1) is 6.63. The van der Waals surface area contributed by atoms with E-state index in [-0.39, 0.29) is 11.6 Å². The predicted octanol–water partition coefficient (Wildman–Crippen LogP) is 2.56. The number of benzene rings is 1. The fourth-order valence-corrected chi connectivity index (χ4v) is 1.14. The van der Waals surface area contributed by atoms with E-state index in [4.69, 9.17) is 11.6 Å². The normalized spacial score (nSPS) is 12.9. The Hall–Kier alpha value is -0.870. The van der Waals surface area contributed by atoms with Crippen LogP contribution in [0, 0.1) is 0 Å². The molecule has 14 heavy (non-hydrogen) atoms.